The van der Waals surface area contributed by atoms with Crippen LogP contribution in [0.5, 0.6) is 11.5 Å². The fourth-order valence-electron chi connectivity index (χ4n) is 4.07. The highest BCUT2D eigenvalue weighted by Crippen LogP contribution is 2.37. The summed E-state index contributed by atoms with van der Waals surface area (Å²) in [5.41, 5.74) is 3.61. The largest absolute Gasteiger partial charge is 0.493 e. The minimum Gasteiger partial charge on any atom is -0.493 e. The summed E-state index contributed by atoms with van der Waals surface area (Å²) in [4.78, 5) is 15.3. The highest BCUT2D eigenvalue weighted by atomic mass is 35.5. The van der Waals surface area contributed by atoms with Gasteiger partial charge in [-0.15, -0.1) is 0 Å². The zero-order chi connectivity index (χ0) is 24.8. The Kier molecular flexibility index (Phi) is 7.85. The first kappa shape index (κ1) is 24.5. The number of ether oxygens (including phenoxy) is 2. The summed E-state index contributed by atoms with van der Waals surface area (Å²) in [6, 6.07) is 23.2. The first-order chi connectivity index (χ1) is 17.0. The van der Waals surface area contributed by atoms with Crippen LogP contribution in [0.25, 0.3) is 0 Å². The van der Waals surface area contributed by atoms with Gasteiger partial charge in [0.2, 0.25) is 0 Å². The summed E-state index contributed by atoms with van der Waals surface area (Å²) in [7, 11) is 1.60. The van der Waals surface area contributed by atoms with E-state index >= 15 is 0 Å². The van der Waals surface area contributed by atoms with Crippen LogP contribution >= 0.6 is 11.6 Å². The highest BCUT2D eigenvalue weighted by Gasteiger charge is 2.39. The minimum atomic E-state index is -0.410. The molecule has 0 aromatic heterocycles. The third kappa shape index (κ3) is 5.73. The van der Waals surface area contributed by atoms with Gasteiger partial charge in [0, 0.05) is 11.6 Å². The van der Waals surface area contributed by atoms with Crippen molar-refractivity contribution in [1.29, 1.82) is 0 Å². The van der Waals surface area contributed by atoms with Crippen LogP contribution in [0.15, 0.2) is 90.6 Å². The van der Waals surface area contributed by atoms with Gasteiger partial charge in [-0.2, -0.15) is 5.10 Å². The van der Waals surface area contributed by atoms with E-state index in [-0.39, 0.29) is 12.5 Å². The van der Waals surface area contributed by atoms with E-state index in [2.05, 4.69) is 23.6 Å². The molecule has 3 aromatic carbocycles. The maximum atomic E-state index is 13.2. The van der Waals surface area contributed by atoms with Crippen molar-refractivity contribution < 1.29 is 14.3 Å². The maximum Gasteiger partial charge on any atom is 0.258 e. The Morgan fingerprint density at radius 1 is 1.11 bits per heavy atom. The van der Waals surface area contributed by atoms with Crippen LogP contribution in [0.3, 0.4) is 0 Å². The Balaban J connectivity index is 1.73. The Bertz CT molecular complexity index is 1210. The summed E-state index contributed by atoms with van der Waals surface area (Å²) < 4.78 is 11.3. The van der Waals surface area contributed by atoms with Crippen molar-refractivity contribution in [3.8, 4) is 11.5 Å². The predicted molar refractivity (Wildman–Crippen MR) is 139 cm³/mol. The molecule has 3 aromatic rings. The summed E-state index contributed by atoms with van der Waals surface area (Å²) in [5, 5.41) is 6.98. The Labute approximate surface area is 211 Å². The van der Waals surface area contributed by atoms with Crippen molar-refractivity contribution in [2.24, 2.45) is 5.10 Å². The summed E-state index contributed by atoms with van der Waals surface area (Å²) in [5.74, 6) is 1.12. The molecular formula is C28H28ClN3O3. The Morgan fingerprint density at radius 3 is 2.54 bits per heavy atom. The van der Waals surface area contributed by atoms with E-state index in [4.69, 9.17) is 26.2 Å². The van der Waals surface area contributed by atoms with Gasteiger partial charge in [0.1, 0.15) is 12.8 Å². The maximum absolute atomic E-state index is 13.2. The molecule has 6 nitrogen and oxygen atoms in total. The second-order valence-electron chi connectivity index (χ2n) is 8.20. The lowest BCUT2D eigenvalue weighted by Crippen LogP contribution is -2.29. The van der Waals surface area contributed by atoms with Crippen LogP contribution in [0.4, 0.5) is 0 Å². The first-order valence-electron chi connectivity index (χ1n) is 11.3. The molecule has 1 amide bonds. The Hall–Kier alpha value is -3.61. The van der Waals surface area contributed by atoms with E-state index in [9.17, 15) is 4.79 Å². The molecule has 0 bridgehead atoms. The summed E-state index contributed by atoms with van der Waals surface area (Å²) in [6.45, 7) is 6.80. The number of rotatable bonds is 9. The fourth-order valence-corrected chi connectivity index (χ4v) is 4.20. The van der Waals surface area contributed by atoms with E-state index in [1.54, 1.807) is 18.2 Å². The molecule has 1 unspecified atom stereocenters. The number of halogens is 1. The summed E-state index contributed by atoms with van der Waals surface area (Å²) >= 11 is 6.04. The second kappa shape index (κ2) is 11.2. The van der Waals surface area contributed by atoms with Crippen molar-refractivity contribution in [3.05, 3.63) is 107 Å². The predicted octanol–water partition coefficient (Wildman–Crippen LogP) is 5.68. The van der Waals surface area contributed by atoms with Crippen molar-refractivity contribution in [3.63, 3.8) is 0 Å². The Morgan fingerprint density at radius 2 is 1.86 bits per heavy atom. The lowest BCUT2D eigenvalue weighted by atomic mass is 10.1. The first-order valence-corrected chi connectivity index (χ1v) is 11.7. The van der Waals surface area contributed by atoms with E-state index in [1.165, 1.54) is 0 Å². The van der Waals surface area contributed by atoms with Gasteiger partial charge in [0.15, 0.2) is 11.5 Å². The molecule has 1 saturated heterocycles. The molecular weight excluding hydrogens is 462 g/mol. The van der Waals surface area contributed by atoms with Crippen LogP contribution in [0.1, 0.15) is 29.8 Å². The molecule has 1 fully saturated rings. The van der Waals surface area contributed by atoms with Gasteiger partial charge >= 0.3 is 0 Å². The quantitative estimate of drug-likeness (QED) is 0.286. The number of amides is 1. The molecule has 1 atom stereocenters. The van der Waals surface area contributed by atoms with Crippen LogP contribution in [-0.2, 0) is 11.3 Å². The number of nitrogens with zero attached hydrogens (tertiary/aromatic N) is 3. The third-order valence-electron chi connectivity index (χ3n) is 5.76. The molecule has 180 valence electrons. The van der Waals surface area contributed by atoms with Gasteiger partial charge in [-0.25, -0.2) is 5.01 Å². The fraction of sp³-hybridized carbons (Fsp3) is 0.214. The van der Waals surface area contributed by atoms with E-state index in [0.717, 1.165) is 22.4 Å². The van der Waals surface area contributed by atoms with Crippen molar-refractivity contribution in [1.82, 2.24) is 9.91 Å². The molecule has 4 rings (SSSR count). The van der Waals surface area contributed by atoms with Gasteiger partial charge in [-0.05, 0) is 47.9 Å². The van der Waals surface area contributed by atoms with E-state index in [0.29, 0.717) is 29.7 Å². The monoisotopic (exact) mass is 489 g/mol. The number of hydrogen-bond donors (Lipinski definition) is 0. The molecule has 1 aliphatic rings. The molecule has 0 aliphatic carbocycles. The van der Waals surface area contributed by atoms with Crippen molar-refractivity contribution in [2.45, 2.75) is 19.6 Å². The standard InChI is InChI=1S/C28H28ClN3O3/c1-4-16-35-25-15-12-23(17-26(25)34-3)28-31(18-21-8-6-5-7-9-21)19-27(33)32(28)30-20(2)22-10-13-24(29)14-11-22/h4-15,17,28H,1,16,18-19H2,2-3H3/b30-20+. The number of hydrazone groups is 1. The zero-order valence-corrected chi connectivity index (χ0v) is 20.6. The number of carbonyl (C=O) groups is 1. The zero-order valence-electron chi connectivity index (χ0n) is 19.9. The third-order valence-corrected chi connectivity index (χ3v) is 6.01. The molecule has 1 heterocycles. The molecule has 35 heavy (non-hydrogen) atoms. The smallest absolute Gasteiger partial charge is 0.258 e. The SMILES string of the molecule is C=CCOc1ccc(C2N(Cc3ccccc3)CC(=O)N2/N=C(\C)c2ccc(Cl)cc2)cc1OC. The van der Waals surface area contributed by atoms with E-state index < -0.39 is 6.17 Å². The molecule has 1 aliphatic heterocycles. The molecule has 0 radical (unpaired) electrons. The average molecular weight is 490 g/mol. The number of methoxy groups -OCH3 is 1. The number of benzene rings is 3. The minimum absolute atomic E-state index is 0.0785. The van der Waals surface area contributed by atoms with Gasteiger partial charge in [0.05, 0.1) is 19.4 Å². The van der Waals surface area contributed by atoms with Crippen molar-refractivity contribution in [2.75, 3.05) is 20.3 Å². The molecule has 7 heteroatoms. The van der Waals surface area contributed by atoms with Gasteiger partial charge in [0.25, 0.3) is 5.91 Å². The van der Waals surface area contributed by atoms with Crippen LogP contribution < -0.4 is 9.47 Å². The summed E-state index contributed by atoms with van der Waals surface area (Å²) in [6.07, 6.45) is 1.27. The number of carbonyl (C=O) groups excluding carboxylic acids is 1. The second-order valence-corrected chi connectivity index (χ2v) is 8.64. The van der Waals surface area contributed by atoms with Gasteiger partial charge in [-0.3, -0.25) is 9.69 Å². The van der Waals surface area contributed by atoms with Crippen LogP contribution in [-0.4, -0.2) is 41.8 Å². The van der Waals surface area contributed by atoms with Crippen LogP contribution in [0, 0.1) is 0 Å². The van der Waals surface area contributed by atoms with E-state index in [1.807, 2.05) is 67.6 Å². The average Bonchev–Trinajstić information content (AvgIpc) is 3.17. The van der Waals surface area contributed by atoms with Crippen molar-refractivity contribution >= 4 is 23.2 Å². The number of hydrogen-bond acceptors (Lipinski definition) is 5. The topological polar surface area (TPSA) is 54.4 Å². The molecule has 0 saturated carbocycles. The van der Waals surface area contributed by atoms with Gasteiger partial charge in [-0.1, -0.05) is 72.8 Å². The van der Waals surface area contributed by atoms with Gasteiger partial charge < -0.3 is 9.47 Å². The molecule has 0 N–H and O–H groups in total. The normalized spacial score (nSPS) is 16.4. The lowest BCUT2D eigenvalue weighted by Gasteiger charge is -2.28. The highest BCUT2D eigenvalue weighted by molar-refractivity contribution is 6.30. The lowest BCUT2D eigenvalue weighted by molar-refractivity contribution is -0.128. The molecule has 0 spiro atoms. The van der Waals surface area contributed by atoms with Crippen LogP contribution in [0.2, 0.25) is 5.02 Å².